The van der Waals surface area contributed by atoms with E-state index in [4.69, 9.17) is 21.1 Å². The Kier molecular flexibility index (Phi) is 5.60. The van der Waals surface area contributed by atoms with Gasteiger partial charge in [0.15, 0.2) is 0 Å². The van der Waals surface area contributed by atoms with Gasteiger partial charge in [-0.1, -0.05) is 23.7 Å². The van der Waals surface area contributed by atoms with E-state index < -0.39 is 43.2 Å². The molecule has 0 saturated carbocycles. The number of halogens is 1. The van der Waals surface area contributed by atoms with Crippen molar-refractivity contribution < 1.29 is 29.6 Å². The highest BCUT2D eigenvalue weighted by atomic mass is 35.5. The average Bonchev–Trinajstić information content (AvgIpc) is 2.48. The van der Waals surface area contributed by atoms with Crippen LogP contribution in [0.25, 0.3) is 0 Å². The number of para-hydroxylation sites is 1. The summed E-state index contributed by atoms with van der Waals surface area (Å²) in [6.07, 6.45) is -4.86. The molecular formula is C14H18ClNO6. The van der Waals surface area contributed by atoms with E-state index in [0.29, 0.717) is 10.8 Å². The molecule has 1 saturated heterocycles. The van der Waals surface area contributed by atoms with E-state index in [9.17, 15) is 20.1 Å². The van der Waals surface area contributed by atoms with Crippen molar-refractivity contribution in [2.24, 2.45) is 0 Å². The quantitative estimate of drug-likeness (QED) is 0.601. The lowest BCUT2D eigenvalue weighted by Gasteiger charge is -2.42. The van der Waals surface area contributed by atoms with Crippen molar-refractivity contribution in [3.05, 3.63) is 29.3 Å². The largest absolute Gasteiger partial charge is 0.461 e. The predicted molar refractivity (Wildman–Crippen MR) is 77.4 cm³/mol. The summed E-state index contributed by atoms with van der Waals surface area (Å²) >= 11 is 6.00. The lowest BCUT2D eigenvalue weighted by Crippen LogP contribution is -2.65. The molecular weight excluding hydrogens is 314 g/mol. The third kappa shape index (κ3) is 3.68. The van der Waals surface area contributed by atoms with Gasteiger partial charge in [0.05, 0.1) is 11.6 Å². The summed E-state index contributed by atoms with van der Waals surface area (Å²) in [5.41, 5.74) is 0. The number of benzene rings is 1. The summed E-state index contributed by atoms with van der Waals surface area (Å²) in [6, 6.07) is 5.62. The van der Waals surface area contributed by atoms with Crippen LogP contribution in [0.4, 0.5) is 0 Å². The van der Waals surface area contributed by atoms with E-state index in [1.165, 1.54) is 6.92 Å². The van der Waals surface area contributed by atoms with Crippen LogP contribution in [0.2, 0.25) is 5.02 Å². The molecule has 8 heteroatoms. The number of carbonyl (C=O) groups is 1. The van der Waals surface area contributed by atoms with Crippen LogP contribution in [-0.2, 0) is 9.53 Å². The standard InChI is InChI=1S/C14H18ClNO6/c1-7(18)16-11-13(20)12(19)10(6-17)22-14(11)21-9-5-3-2-4-8(9)15/h2-5,10-14,17,19-20H,6H2,1H3,(H,16,18)/t10-,11-,12+,13-,14-/m0/s1. The van der Waals surface area contributed by atoms with E-state index >= 15 is 0 Å². The number of aliphatic hydroxyl groups is 3. The smallest absolute Gasteiger partial charge is 0.223 e. The number of aliphatic hydroxyl groups excluding tert-OH is 3. The van der Waals surface area contributed by atoms with Crippen LogP contribution in [0.1, 0.15) is 6.92 Å². The summed E-state index contributed by atoms with van der Waals surface area (Å²) in [6.45, 7) is 0.761. The summed E-state index contributed by atoms with van der Waals surface area (Å²) in [5.74, 6) is -0.125. The van der Waals surface area contributed by atoms with Gasteiger partial charge in [0.2, 0.25) is 12.2 Å². The van der Waals surface area contributed by atoms with E-state index in [1.54, 1.807) is 24.3 Å². The van der Waals surface area contributed by atoms with Gasteiger partial charge in [-0.05, 0) is 12.1 Å². The fourth-order valence-electron chi connectivity index (χ4n) is 2.24. The second-order valence-electron chi connectivity index (χ2n) is 4.98. The Morgan fingerprint density at radius 3 is 2.64 bits per heavy atom. The number of amides is 1. The maximum absolute atomic E-state index is 11.3. The predicted octanol–water partition coefficient (Wildman–Crippen LogP) is -0.338. The molecule has 0 aromatic heterocycles. The molecule has 7 nitrogen and oxygen atoms in total. The zero-order valence-electron chi connectivity index (χ0n) is 11.8. The van der Waals surface area contributed by atoms with Crippen LogP contribution in [0.5, 0.6) is 5.75 Å². The molecule has 1 fully saturated rings. The van der Waals surface area contributed by atoms with Crippen LogP contribution < -0.4 is 10.1 Å². The minimum absolute atomic E-state index is 0.296. The normalized spacial score (nSPS) is 31.6. The Bertz CT molecular complexity index is 528. The second-order valence-corrected chi connectivity index (χ2v) is 5.39. The van der Waals surface area contributed by atoms with Crippen LogP contribution in [0.3, 0.4) is 0 Å². The summed E-state index contributed by atoms with van der Waals surface area (Å²) in [7, 11) is 0. The Hall–Kier alpha value is -1.38. The summed E-state index contributed by atoms with van der Waals surface area (Å²) in [5, 5.41) is 32.0. The Labute approximate surface area is 132 Å². The van der Waals surface area contributed by atoms with Gasteiger partial charge in [0.1, 0.15) is 30.1 Å². The summed E-state index contributed by atoms with van der Waals surface area (Å²) in [4.78, 5) is 11.3. The molecule has 1 heterocycles. The van der Waals surface area contributed by atoms with Gasteiger partial charge in [-0.15, -0.1) is 0 Å². The zero-order valence-corrected chi connectivity index (χ0v) is 12.6. The van der Waals surface area contributed by atoms with Crippen molar-refractivity contribution in [2.75, 3.05) is 6.61 Å². The molecule has 1 aliphatic rings. The number of hydrogen-bond donors (Lipinski definition) is 4. The molecule has 0 bridgehead atoms. The Morgan fingerprint density at radius 1 is 1.36 bits per heavy atom. The molecule has 0 spiro atoms. The maximum Gasteiger partial charge on any atom is 0.223 e. The fraction of sp³-hybridized carbons (Fsp3) is 0.500. The van der Waals surface area contributed by atoms with Gasteiger partial charge in [-0.3, -0.25) is 4.79 Å². The number of hydrogen-bond acceptors (Lipinski definition) is 6. The molecule has 4 N–H and O–H groups in total. The third-order valence-corrected chi connectivity index (χ3v) is 3.64. The van der Waals surface area contributed by atoms with Crippen molar-refractivity contribution >= 4 is 17.5 Å². The van der Waals surface area contributed by atoms with Gasteiger partial charge in [0.25, 0.3) is 0 Å². The molecule has 0 radical (unpaired) electrons. The number of rotatable bonds is 4. The average molecular weight is 332 g/mol. The van der Waals surface area contributed by atoms with Crippen molar-refractivity contribution in [3.63, 3.8) is 0 Å². The van der Waals surface area contributed by atoms with E-state index in [1.807, 2.05) is 0 Å². The van der Waals surface area contributed by atoms with Gasteiger partial charge in [-0.25, -0.2) is 0 Å². The van der Waals surface area contributed by atoms with Crippen molar-refractivity contribution in [2.45, 2.75) is 37.6 Å². The van der Waals surface area contributed by atoms with E-state index in [0.717, 1.165) is 0 Å². The monoisotopic (exact) mass is 331 g/mol. The van der Waals surface area contributed by atoms with Crippen molar-refractivity contribution in [1.82, 2.24) is 5.32 Å². The fourth-order valence-corrected chi connectivity index (χ4v) is 2.42. The Balaban J connectivity index is 2.23. The molecule has 2 rings (SSSR count). The first-order chi connectivity index (χ1) is 10.4. The van der Waals surface area contributed by atoms with Gasteiger partial charge >= 0.3 is 0 Å². The van der Waals surface area contributed by atoms with Crippen molar-refractivity contribution in [3.8, 4) is 5.75 Å². The Morgan fingerprint density at radius 2 is 2.05 bits per heavy atom. The third-order valence-electron chi connectivity index (χ3n) is 3.33. The highest BCUT2D eigenvalue weighted by Crippen LogP contribution is 2.28. The van der Waals surface area contributed by atoms with Gasteiger partial charge in [0, 0.05) is 6.92 Å². The minimum atomic E-state index is -1.36. The topological polar surface area (TPSA) is 108 Å². The van der Waals surface area contributed by atoms with Crippen LogP contribution in [-0.4, -0.2) is 58.5 Å². The minimum Gasteiger partial charge on any atom is -0.461 e. The van der Waals surface area contributed by atoms with Crippen molar-refractivity contribution in [1.29, 1.82) is 0 Å². The second kappa shape index (κ2) is 7.26. The van der Waals surface area contributed by atoms with Gasteiger partial charge < -0.3 is 30.1 Å². The molecule has 1 aromatic rings. The highest BCUT2D eigenvalue weighted by molar-refractivity contribution is 6.32. The van der Waals surface area contributed by atoms with Crippen LogP contribution in [0.15, 0.2) is 24.3 Å². The van der Waals surface area contributed by atoms with E-state index in [2.05, 4.69) is 5.32 Å². The molecule has 122 valence electrons. The molecule has 1 aromatic carbocycles. The maximum atomic E-state index is 11.3. The van der Waals surface area contributed by atoms with Gasteiger partial charge in [-0.2, -0.15) is 0 Å². The lowest BCUT2D eigenvalue weighted by atomic mass is 9.97. The first-order valence-corrected chi connectivity index (χ1v) is 7.12. The molecule has 22 heavy (non-hydrogen) atoms. The van der Waals surface area contributed by atoms with Crippen LogP contribution in [0, 0.1) is 0 Å². The molecule has 5 atom stereocenters. The molecule has 0 aliphatic carbocycles. The first-order valence-electron chi connectivity index (χ1n) is 6.74. The highest BCUT2D eigenvalue weighted by Gasteiger charge is 2.46. The number of carbonyl (C=O) groups excluding carboxylic acids is 1. The van der Waals surface area contributed by atoms with Crippen LogP contribution >= 0.6 is 11.6 Å². The number of ether oxygens (including phenoxy) is 2. The zero-order chi connectivity index (χ0) is 16.3. The summed E-state index contributed by atoms with van der Waals surface area (Å²) < 4.78 is 11.0. The molecule has 0 unspecified atom stereocenters. The first kappa shape index (κ1) is 17.0. The lowest BCUT2D eigenvalue weighted by molar-refractivity contribution is -0.244. The van der Waals surface area contributed by atoms with E-state index in [-0.39, 0.29) is 0 Å². The SMILES string of the molecule is CC(=O)N[C@@H]1[C@@H](Oc2ccccc2Cl)O[C@@H](CO)[C@@H](O)[C@H]1O. The molecule has 1 amide bonds. The molecule has 1 aliphatic heterocycles. The number of nitrogens with one attached hydrogen (secondary N) is 1.